The zero-order valence-corrected chi connectivity index (χ0v) is 13.7. The molecule has 0 aliphatic heterocycles. The number of nitrogens with zero attached hydrogens (tertiary/aromatic N) is 2. The highest BCUT2D eigenvalue weighted by atomic mass is 16.2. The summed E-state index contributed by atoms with van der Waals surface area (Å²) in [5.41, 5.74) is 2.54. The topological polar surface area (TPSA) is 99.8 Å². The third kappa shape index (κ3) is 4.64. The molecule has 0 radical (unpaired) electrons. The molecule has 0 saturated carbocycles. The Kier molecular flexibility index (Phi) is 5.10. The lowest BCUT2D eigenvalue weighted by atomic mass is 10.1. The summed E-state index contributed by atoms with van der Waals surface area (Å²) in [6, 6.07) is 5.55. The Balaban J connectivity index is 1.89. The first-order chi connectivity index (χ1) is 10.8. The Morgan fingerprint density at radius 1 is 1.17 bits per heavy atom. The third-order valence-corrected chi connectivity index (χ3v) is 3.19. The number of hydrogen-bond acceptors (Lipinski definition) is 4. The van der Waals surface area contributed by atoms with Crippen molar-refractivity contribution in [2.75, 3.05) is 11.9 Å². The van der Waals surface area contributed by atoms with E-state index in [4.69, 9.17) is 0 Å². The summed E-state index contributed by atoms with van der Waals surface area (Å²) in [6.07, 6.45) is 0. The highest BCUT2D eigenvalue weighted by molar-refractivity contribution is 5.99. The van der Waals surface area contributed by atoms with Crippen LogP contribution in [0.4, 0.5) is 5.95 Å². The van der Waals surface area contributed by atoms with Crippen molar-refractivity contribution in [3.05, 3.63) is 40.7 Å². The summed E-state index contributed by atoms with van der Waals surface area (Å²) in [5.74, 6) is 0.429. The molecule has 2 aromatic rings. The molecule has 3 N–H and O–H groups in total. The summed E-state index contributed by atoms with van der Waals surface area (Å²) in [4.78, 5) is 28.1. The Hall–Kier alpha value is -2.70. The predicted octanol–water partition coefficient (Wildman–Crippen LogP) is 1.91. The normalized spacial score (nSPS) is 10.7. The van der Waals surface area contributed by atoms with E-state index in [1.165, 1.54) is 0 Å². The van der Waals surface area contributed by atoms with Crippen LogP contribution in [-0.2, 0) is 4.79 Å². The van der Waals surface area contributed by atoms with Crippen LogP contribution in [0, 0.1) is 13.8 Å². The number of hydrogen-bond donors (Lipinski definition) is 3. The van der Waals surface area contributed by atoms with Crippen molar-refractivity contribution in [3.63, 3.8) is 0 Å². The first-order valence-corrected chi connectivity index (χ1v) is 7.44. The van der Waals surface area contributed by atoms with E-state index in [-0.39, 0.29) is 30.2 Å². The maximum atomic E-state index is 12.1. The lowest BCUT2D eigenvalue weighted by Crippen LogP contribution is -2.33. The Bertz CT molecular complexity index is 701. The molecule has 1 aromatic heterocycles. The van der Waals surface area contributed by atoms with Crippen LogP contribution >= 0.6 is 0 Å². The molecule has 2 amide bonds. The van der Waals surface area contributed by atoms with Gasteiger partial charge in [0, 0.05) is 11.5 Å². The van der Waals surface area contributed by atoms with Crippen molar-refractivity contribution in [1.29, 1.82) is 0 Å². The number of benzene rings is 1. The average molecular weight is 315 g/mol. The van der Waals surface area contributed by atoms with Gasteiger partial charge in [0.15, 0.2) is 0 Å². The fraction of sp³-hybridized carbons (Fsp3) is 0.375. The fourth-order valence-electron chi connectivity index (χ4n) is 2.13. The smallest absolute Gasteiger partial charge is 0.251 e. The molecule has 7 nitrogen and oxygen atoms in total. The molecule has 0 aliphatic carbocycles. The number of carbonyl (C=O) groups excluding carboxylic acids is 2. The number of amides is 2. The SMILES string of the molecule is Cc1cc(C)cc(C(=O)NCC(=O)Nc2n[nH]c(C(C)C)n2)c1. The van der Waals surface area contributed by atoms with Crippen LogP contribution in [0.15, 0.2) is 18.2 Å². The van der Waals surface area contributed by atoms with Crippen molar-refractivity contribution < 1.29 is 9.59 Å². The van der Waals surface area contributed by atoms with Crippen LogP contribution in [0.3, 0.4) is 0 Å². The largest absolute Gasteiger partial charge is 0.343 e. The maximum Gasteiger partial charge on any atom is 0.251 e. The van der Waals surface area contributed by atoms with Crippen molar-refractivity contribution in [3.8, 4) is 0 Å². The van der Waals surface area contributed by atoms with Crippen LogP contribution in [0.25, 0.3) is 0 Å². The molecule has 0 unspecified atom stereocenters. The van der Waals surface area contributed by atoms with E-state index < -0.39 is 0 Å². The Labute approximate surface area is 134 Å². The first kappa shape index (κ1) is 16.7. The van der Waals surface area contributed by atoms with Gasteiger partial charge in [0.05, 0.1) is 6.54 Å². The molecule has 0 saturated heterocycles. The molecule has 1 aromatic carbocycles. The van der Waals surface area contributed by atoms with E-state index in [0.29, 0.717) is 11.4 Å². The van der Waals surface area contributed by atoms with Gasteiger partial charge in [0.2, 0.25) is 11.9 Å². The highest BCUT2D eigenvalue weighted by Gasteiger charge is 2.12. The fourth-order valence-corrected chi connectivity index (χ4v) is 2.13. The van der Waals surface area contributed by atoms with Crippen LogP contribution in [-0.4, -0.2) is 33.5 Å². The second-order valence-electron chi connectivity index (χ2n) is 5.81. The van der Waals surface area contributed by atoms with Gasteiger partial charge < -0.3 is 5.32 Å². The minimum Gasteiger partial charge on any atom is -0.343 e. The first-order valence-electron chi connectivity index (χ1n) is 7.44. The second kappa shape index (κ2) is 7.04. The number of H-pyrrole nitrogens is 1. The molecular formula is C16H21N5O2. The average Bonchev–Trinajstić information content (AvgIpc) is 2.92. The Morgan fingerprint density at radius 2 is 1.83 bits per heavy atom. The van der Waals surface area contributed by atoms with Crippen LogP contribution < -0.4 is 10.6 Å². The minimum absolute atomic E-state index is 0.141. The summed E-state index contributed by atoms with van der Waals surface area (Å²) in [5, 5.41) is 11.8. The summed E-state index contributed by atoms with van der Waals surface area (Å²) >= 11 is 0. The van der Waals surface area contributed by atoms with Gasteiger partial charge in [-0.05, 0) is 26.0 Å². The number of anilines is 1. The van der Waals surface area contributed by atoms with Gasteiger partial charge in [-0.2, -0.15) is 4.98 Å². The molecule has 0 aliphatic rings. The summed E-state index contributed by atoms with van der Waals surface area (Å²) < 4.78 is 0. The van der Waals surface area contributed by atoms with Crippen LogP contribution in [0.2, 0.25) is 0 Å². The third-order valence-electron chi connectivity index (χ3n) is 3.19. The highest BCUT2D eigenvalue weighted by Crippen LogP contribution is 2.10. The predicted molar refractivity (Wildman–Crippen MR) is 87.4 cm³/mol. The van der Waals surface area contributed by atoms with Crippen molar-refractivity contribution in [2.45, 2.75) is 33.6 Å². The molecular weight excluding hydrogens is 294 g/mol. The van der Waals surface area contributed by atoms with E-state index in [1.54, 1.807) is 12.1 Å². The molecule has 0 fully saturated rings. The van der Waals surface area contributed by atoms with Crippen molar-refractivity contribution >= 4 is 17.8 Å². The number of aromatic amines is 1. The second-order valence-corrected chi connectivity index (χ2v) is 5.81. The molecule has 23 heavy (non-hydrogen) atoms. The lowest BCUT2D eigenvalue weighted by molar-refractivity contribution is -0.115. The summed E-state index contributed by atoms with van der Waals surface area (Å²) in [6.45, 7) is 7.64. The number of rotatable bonds is 5. The van der Waals surface area contributed by atoms with E-state index in [1.807, 2.05) is 33.8 Å². The van der Waals surface area contributed by atoms with Crippen LogP contribution in [0.1, 0.15) is 47.1 Å². The monoisotopic (exact) mass is 315 g/mol. The van der Waals surface area contributed by atoms with E-state index in [9.17, 15) is 9.59 Å². The van der Waals surface area contributed by atoms with Gasteiger partial charge >= 0.3 is 0 Å². The molecule has 1 heterocycles. The maximum absolute atomic E-state index is 12.1. The molecule has 2 rings (SSSR count). The van der Waals surface area contributed by atoms with Gasteiger partial charge in [-0.3, -0.25) is 20.0 Å². The molecule has 0 spiro atoms. The van der Waals surface area contributed by atoms with E-state index >= 15 is 0 Å². The van der Waals surface area contributed by atoms with Gasteiger partial charge in [0.1, 0.15) is 5.82 Å². The van der Waals surface area contributed by atoms with E-state index in [2.05, 4.69) is 25.8 Å². The van der Waals surface area contributed by atoms with Crippen LogP contribution in [0.5, 0.6) is 0 Å². The van der Waals surface area contributed by atoms with Gasteiger partial charge in [-0.1, -0.05) is 31.0 Å². The number of carbonyl (C=O) groups is 2. The lowest BCUT2D eigenvalue weighted by Gasteiger charge is -2.06. The zero-order valence-electron chi connectivity index (χ0n) is 13.7. The number of nitrogens with one attached hydrogen (secondary N) is 3. The Morgan fingerprint density at radius 3 is 2.39 bits per heavy atom. The summed E-state index contributed by atoms with van der Waals surface area (Å²) in [7, 11) is 0. The number of aromatic nitrogens is 3. The number of aryl methyl sites for hydroxylation is 2. The molecule has 0 bridgehead atoms. The zero-order chi connectivity index (χ0) is 17.0. The van der Waals surface area contributed by atoms with Gasteiger partial charge in [0.25, 0.3) is 5.91 Å². The van der Waals surface area contributed by atoms with Gasteiger partial charge in [-0.25, -0.2) is 0 Å². The van der Waals surface area contributed by atoms with Crippen molar-refractivity contribution in [2.24, 2.45) is 0 Å². The molecule has 7 heteroatoms. The standard InChI is InChI=1S/C16H21N5O2/c1-9(2)14-19-16(21-20-14)18-13(22)8-17-15(23)12-6-10(3)5-11(4)7-12/h5-7,9H,8H2,1-4H3,(H,17,23)(H2,18,19,20,21,22). The quantitative estimate of drug-likeness (QED) is 0.784. The van der Waals surface area contributed by atoms with Crippen molar-refractivity contribution in [1.82, 2.24) is 20.5 Å². The minimum atomic E-state index is -0.378. The molecule has 0 atom stereocenters. The van der Waals surface area contributed by atoms with Gasteiger partial charge in [-0.15, -0.1) is 5.10 Å². The van der Waals surface area contributed by atoms with E-state index in [0.717, 1.165) is 11.1 Å². The molecule has 122 valence electrons.